The van der Waals surface area contributed by atoms with E-state index in [-0.39, 0.29) is 24.8 Å². The third-order valence-electron chi connectivity index (χ3n) is 7.04. The predicted octanol–water partition coefficient (Wildman–Crippen LogP) is 7.33. The lowest BCUT2D eigenvalue weighted by molar-refractivity contribution is -0.167. The highest BCUT2D eigenvalue weighted by Gasteiger charge is 2.47. The lowest BCUT2D eigenvalue weighted by atomic mass is 9.88. The largest absolute Gasteiger partial charge is 0.444 e. The van der Waals surface area contributed by atoms with E-state index < -0.39 is 17.7 Å². The van der Waals surface area contributed by atoms with Gasteiger partial charge in [-0.05, 0) is 50.3 Å². The molecule has 1 fully saturated rings. The highest BCUT2D eigenvalue weighted by molar-refractivity contribution is 5.69. The Bertz CT molecular complexity index is 1200. The first-order valence-corrected chi connectivity index (χ1v) is 14.4. The van der Waals surface area contributed by atoms with Crippen LogP contribution in [0.4, 0.5) is 4.79 Å². The fraction of sp³-hybridized carbons (Fsp3) is 0.400. The maximum absolute atomic E-state index is 13.8. The second-order valence-corrected chi connectivity index (χ2v) is 11.5. The quantitative estimate of drug-likeness (QED) is 0.218. The number of ether oxygens (including phenoxy) is 4. The van der Waals surface area contributed by atoms with Gasteiger partial charge in [-0.25, -0.2) is 4.79 Å². The van der Waals surface area contributed by atoms with Gasteiger partial charge in [0.2, 0.25) is 0 Å². The summed E-state index contributed by atoms with van der Waals surface area (Å²) in [5.74, 6) is 0. The van der Waals surface area contributed by atoms with Gasteiger partial charge < -0.3 is 18.9 Å². The first-order chi connectivity index (χ1) is 19.8. The third kappa shape index (κ3) is 9.28. The van der Waals surface area contributed by atoms with Crippen LogP contribution in [0.1, 0.15) is 50.3 Å². The monoisotopic (exact) mass is 557 g/mol. The van der Waals surface area contributed by atoms with E-state index >= 15 is 0 Å². The number of hydrogen-bond acceptors (Lipinski definition) is 5. The lowest BCUT2D eigenvalue weighted by Crippen LogP contribution is -2.64. The molecule has 3 aromatic carbocycles. The van der Waals surface area contributed by atoms with E-state index in [4.69, 9.17) is 18.9 Å². The first-order valence-electron chi connectivity index (χ1n) is 14.4. The molecule has 0 aromatic heterocycles. The summed E-state index contributed by atoms with van der Waals surface area (Å²) >= 11 is 0. The minimum atomic E-state index is -0.647. The number of rotatable bonds is 12. The first kappa shape index (κ1) is 30.5. The van der Waals surface area contributed by atoms with E-state index in [2.05, 4.69) is 18.7 Å². The Balaban J connectivity index is 1.64. The molecule has 0 radical (unpaired) electrons. The van der Waals surface area contributed by atoms with E-state index in [0.29, 0.717) is 32.7 Å². The van der Waals surface area contributed by atoms with Crippen molar-refractivity contribution in [1.82, 2.24) is 4.90 Å². The molecule has 0 spiro atoms. The van der Waals surface area contributed by atoms with Gasteiger partial charge >= 0.3 is 6.09 Å². The summed E-state index contributed by atoms with van der Waals surface area (Å²) in [5.41, 5.74) is 2.55. The zero-order chi connectivity index (χ0) is 29.1. The molecule has 1 aliphatic rings. The molecule has 4 atom stereocenters. The maximum atomic E-state index is 13.8. The Morgan fingerprint density at radius 2 is 1.34 bits per heavy atom. The summed E-state index contributed by atoms with van der Waals surface area (Å²) in [4.78, 5) is 15.6. The van der Waals surface area contributed by atoms with Crippen LogP contribution in [-0.4, -0.2) is 47.5 Å². The van der Waals surface area contributed by atoms with Gasteiger partial charge in [0, 0.05) is 6.04 Å². The summed E-state index contributed by atoms with van der Waals surface area (Å²) in [6.07, 6.45) is 1.95. The molecule has 0 bridgehead atoms. The van der Waals surface area contributed by atoms with Gasteiger partial charge in [-0.1, -0.05) is 97.1 Å². The van der Waals surface area contributed by atoms with Gasteiger partial charge in [0.1, 0.15) is 11.7 Å². The van der Waals surface area contributed by atoms with Gasteiger partial charge in [0.25, 0.3) is 0 Å². The van der Waals surface area contributed by atoms with E-state index in [0.717, 1.165) is 16.7 Å². The smallest absolute Gasteiger partial charge is 0.410 e. The minimum absolute atomic E-state index is 0.176. The molecule has 6 nitrogen and oxygen atoms in total. The molecule has 6 heteroatoms. The van der Waals surface area contributed by atoms with Gasteiger partial charge in [-0.2, -0.15) is 0 Å². The van der Waals surface area contributed by atoms with Crippen LogP contribution >= 0.6 is 0 Å². The molecule has 1 heterocycles. The Labute approximate surface area is 244 Å². The summed E-state index contributed by atoms with van der Waals surface area (Å²) < 4.78 is 25.4. The zero-order valence-electron chi connectivity index (χ0n) is 24.5. The molecular weight excluding hydrogens is 514 g/mol. The number of carbonyl (C=O) groups is 1. The molecule has 3 aromatic rings. The number of hydrogen-bond donors (Lipinski definition) is 0. The molecule has 1 aliphatic heterocycles. The Morgan fingerprint density at radius 1 is 0.829 bits per heavy atom. The molecule has 1 saturated heterocycles. The maximum Gasteiger partial charge on any atom is 0.410 e. The average molecular weight is 558 g/mol. The molecule has 4 rings (SSSR count). The fourth-order valence-electron chi connectivity index (χ4n) is 5.17. The molecule has 218 valence electrons. The van der Waals surface area contributed by atoms with Crippen LogP contribution in [0.25, 0.3) is 0 Å². The minimum Gasteiger partial charge on any atom is -0.444 e. The lowest BCUT2D eigenvalue weighted by Gasteiger charge is -2.49. The number of likely N-dealkylation sites (tertiary alicyclic amines) is 1. The summed E-state index contributed by atoms with van der Waals surface area (Å²) in [6, 6.07) is 29.6. The van der Waals surface area contributed by atoms with Crippen LogP contribution in [0.15, 0.2) is 104 Å². The van der Waals surface area contributed by atoms with Gasteiger partial charge in [-0.15, -0.1) is 6.58 Å². The van der Waals surface area contributed by atoms with Crippen LogP contribution in [0.3, 0.4) is 0 Å². The molecule has 0 aliphatic carbocycles. The summed E-state index contributed by atoms with van der Waals surface area (Å²) in [7, 11) is 0. The van der Waals surface area contributed by atoms with Crippen LogP contribution in [0.2, 0.25) is 0 Å². The van der Waals surface area contributed by atoms with Crippen LogP contribution in [-0.2, 0) is 38.8 Å². The summed E-state index contributed by atoms with van der Waals surface area (Å²) in [5, 5.41) is 0. The third-order valence-corrected chi connectivity index (χ3v) is 7.04. The van der Waals surface area contributed by atoms with Crippen LogP contribution < -0.4 is 0 Å². The molecule has 0 saturated carbocycles. The zero-order valence-corrected chi connectivity index (χ0v) is 24.5. The SMILES string of the molecule is C=CC[C@H]1C[C@H](OCc2ccccc2)[C@@H](OCc2ccccc2)[C@@H](COCc2ccccc2)N1C(=O)OC(C)(C)C. The van der Waals surface area contributed by atoms with Crippen molar-refractivity contribution in [2.75, 3.05) is 6.61 Å². The van der Waals surface area contributed by atoms with Crippen molar-refractivity contribution in [3.8, 4) is 0 Å². The van der Waals surface area contributed by atoms with E-state index in [1.165, 1.54) is 0 Å². The van der Waals surface area contributed by atoms with Gasteiger partial charge in [0.15, 0.2) is 0 Å². The van der Waals surface area contributed by atoms with E-state index in [9.17, 15) is 4.79 Å². The average Bonchev–Trinajstić information content (AvgIpc) is 2.96. The van der Waals surface area contributed by atoms with Crippen molar-refractivity contribution in [3.05, 3.63) is 120 Å². The van der Waals surface area contributed by atoms with E-state index in [1.54, 1.807) is 0 Å². The Hall–Kier alpha value is -3.45. The van der Waals surface area contributed by atoms with Crippen molar-refractivity contribution in [1.29, 1.82) is 0 Å². The van der Waals surface area contributed by atoms with Crippen LogP contribution in [0.5, 0.6) is 0 Å². The Kier molecular flexibility index (Phi) is 11.1. The van der Waals surface area contributed by atoms with Crippen molar-refractivity contribution in [2.24, 2.45) is 0 Å². The normalized spacial score (nSPS) is 20.9. The molecule has 0 unspecified atom stereocenters. The number of carbonyl (C=O) groups excluding carboxylic acids is 1. The second-order valence-electron chi connectivity index (χ2n) is 11.5. The summed E-state index contributed by atoms with van der Waals surface area (Å²) in [6.45, 7) is 11.2. The second kappa shape index (κ2) is 15.0. The van der Waals surface area contributed by atoms with Crippen molar-refractivity contribution in [3.63, 3.8) is 0 Å². The number of benzene rings is 3. The molecule has 41 heavy (non-hydrogen) atoms. The fourth-order valence-corrected chi connectivity index (χ4v) is 5.17. The topological polar surface area (TPSA) is 57.2 Å². The van der Waals surface area contributed by atoms with Crippen molar-refractivity contribution in [2.45, 2.75) is 83.3 Å². The number of nitrogens with zero attached hydrogens (tertiary/aromatic N) is 1. The molecule has 0 N–H and O–H groups in total. The van der Waals surface area contributed by atoms with Crippen molar-refractivity contribution >= 4 is 6.09 Å². The van der Waals surface area contributed by atoms with Gasteiger partial charge in [-0.3, -0.25) is 4.90 Å². The molecule has 1 amide bonds. The van der Waals surface area contributed by atoms with Crippen LogP contribution in [0, 0.1) is 0 Å². The standard InChI is InChI=1S/C35H43NO5/c1-5-15-30-22-32(39-24-28-18-11-7-12-19-28)33(40-25-29-20-13-8-14-21-29)31(36(30)34(37)41-35(2,3)4)26-38-23-27-16-9-6-10-17-27/h5-14,16-21,30-33H,1,15,22-26H2,2-4H3/t30-,31+,32-,33-/m0/s1. The number of piperidine rings is 1. The highest BCUT2D eigenvalue weighted by Crippen LogP contribution is 2.33. The molecular formula is C35H43NO5. The predicted molar refractivity (Wildman–Crippen MR) is 161 cm³/mol. The van der Waals surface area contributed by atoms with Gasteiger partial charge in [0.05, 0.1) is 38.6 Å². The Morgan fingerprint density at radius 3 is 1.85 bits per heavy atom. The van der Waals surface area contributed by atoms with Crippen molar-refractivity contribution < 1.29 is 23.7 Å². The van der Waals surface area contributed by atoms with E-state index in [1.807, 2.05) is 111 Å². The number of amides is 1. The highest BCUT2D eigenvalue weighted by atomic mass is 16.6.